The molecule has 0 saturated carbocycles. The number of unbranched alkanes of at least 4 members (excludes halogenated alkanes) is 9. The van der Waals surface area contributed by atoms with Gasteiger partial charge in [0.05, 0.1) is 12.2 Å². The third kappa shape index (κ3) is 11.8. The summed E-state index contributed by atoms with van der Waals surface area (Å²) in [6.07, 6.45) is 12.9. The van der Waals surface area contributed by atoms with Crippen molar-refractivity contribution in [3.05, 3.63) is 35.9 Å². The molecule has 2 nitrogen and oxygen atoms in total. The first kappa shape index (κ1) is 22.3. The summed E-state index contributed by atoms with van der Waals surface area (Å²) < 4.78 is 5.26. The van der Waals surface area contributed by atoms with Crippen LogP contribution in [0.25, 0.3) is 0 Å². The maximum atomic E-state index is 11.7. The second kappa shape index (κ2) is 16.2. The Hall–Kier alpha value is 0.326. The third-order valence-corrected chi connectivity index (χ3v) is 3.74. The molecule has 0 amide bonds. The SMILES string of the molecule is CCCCCCCCCCCCOC(=O)c1ccccc1.[KH]. The van der Waals surface area contributed by atoms with Crippen molar-refractivity contribution in [3.63, 3.8) is 0 Å². The Morgan fingerprint density at radius 2 is 1.32 bits per heavy atom. The van der Waals surface area contributed by atoms with Crippen LogP contribution < -0.4 is 0 Å². The van der Waals surface area contributed by atoms with E-state index in [9.17, 15) is 4.79 Å². The molecule has 22 heavy (non-hydrogen) atoms. The van der Waals surface area contributed by atoms with E-state index < -0.39 is 0 Å². The molecular formula is C19H31KO2. The van der Waals surface area contributed by atoms with Gasteiger partial charge < -0.3 is 4.74 Å². The fraction of sp³-hybridized carbons (Fsp3) is 0.632. The van der Waals surface area contributed by atoms with Crippen LogP contribution in [0.1, 0.15) is 81.5 Å². The summed E-state index contributed by atoms with van der Waals surface area (Å²) in [5, 5.41) is 0. The molecular weight excluding hydrogens is 299 g/mol. The van der Waals surface area contributed by atoms with Crippen molar-refractivity contribution in [1.82, 2.24) is 0 Å². The third-order valence-electron chi connectivity index (χ3n) is 3.74. The number of ether oxygens (including phenoxy) is 1. The Morgan fingerprint density at radius 1 is 0.818 bits per heavy atom. The van der Waals surface area contributed by atoms with Crippen LogP contribution in [0, 0.1) is 0 Å². The van der Waals surface area contributed by atoms with Gasteiger partial charge >= 0.3 is 57.4 Å². The maximum absolute atomic E-state index is 11.7. The van der Waals surface area contributed by atoms with E-state index in [-0.39, 0.29) is 57.4 Å². The number of carbonyl (C=O) groups is 1. The normalized spacial score (nSPS) is 10.0. The van der Waals surface area contributed by atoms with Crippen molar-refractivity contribution in [2.75, 3.05) is 6.61 Å². The van der Waals surface area contributed by atoms with Crippen LogP contribution in [0.15, 0.2) is 30.3 Å². The van der Waals surface area contributed by atoms with Gasteiger partial charge in [-0.3, -0.25) is 0 Å². The molecule has 1 rings (SSSR count). The molecule has 0 aliphatic heterocycles. The fourth-order valence-corrected chi connectivity index (χ4v) is 2.41. The molecule has 0 N–H and O–H groups in total. The van der Waals surface area contributed by atoms with Crippen molar-refractivity contribution < 1.29 is 9.53 Å². The molecule has 0 aliphatic carbocycles. The average molecular weight is 331 g/mol. The van der Waals surface area contributed by atoms with E-state index in [0.717, 1.165) is 12.8 Å². The molecule has 0 saturated heterocycles. The molecule has 120 valence electrons. The minimum atomic E-state index is -0.202. The quantitative estimate of drug-likeness (QED) is 0.302. The van der Waals surface area contributed by atoms with Crippen LogP contribution in [0.4, 0.5) is 0 Å². The number of benzene rings is 1. The molecule has 0 aromatic heterocycles. The summed E-state index contributed by atoms with van der Waals surface area (Å²) in [6.45, 7) is 2.80. The van der Waals surface area contributed by atoms with E-state index in [1.165, 1.54) is 51.4 Å². The van der Waals surface area contributed by atoms with Gasteiger partial charge in [-0.2, -0.15) is 0 Å². The summed E-state index contributed by atoms with van der Waals surface area (Å²) in [7, 11) is 0. The van der Waals surface area contributed by atoms with Gasteiger partial charge in [-0.25, -0.2) is 4.79 Å². The second-order valence-electron chi connectivity index (χ2n) is 5.68. The first-order valence-electron chi connectivity index (χ1n) is 8.56. The van der Waals surface area contributed by atoms with Crippen LogP contribution in [0.5, 0.6) is 0 Å². The van der Waals surface area contributed by atoms with E-state index in [0.29, 0.717) is 12.2 Å². The number of carbonyl (C=O) groups excluding carboxylic acids is 1. The van der Waals surface area contributed by atoms with Crippen molar-refractivity contribution in [1.29, 1.82) is 0 Å². The summed E-state index contributed by atoms with van der Waals surface area (Å²) in [5.74, 6) is -0.202. The first-order valence-corrected chi connectivity index (χ1v) is 8.56. The summed E-state index contributed by atoms with van der Waals surface area (Å²) in [5.41, 5.74) is 0.643. The monoisotopic (exact) mass is 330 g/mol. The zero-order valence-corrected chi connectivity index (χ0v) is 13.5. The Labute approximate surface area is 178 Å². The molecule has 0 radical (unpaired) electrons. The zero-order chi connectivity index (χ0) is 15.2. The number of rotatable bonds is 12. The van der Waals surface area contributed by atoms with Gasteiger partial charge in [0.25, 0.3) is 0 Å². The van der Waals surface area contributed by atoms with Gasteiger partial charge in [0.1, 0.15) is 0 Å². The molecule has 0 aliphatic rings. The second-order valence-corrected chi connectivity index (χ2v) is 5.68. The Kier molecular flexibility index (Phi) is 16.4. The van der Waals surface area contributed by atoms with Gasteiger partial charge in [-0.05, 0) is 18.6 Å². The first-order chi connectivity index (χ1) is 10.3. The van der Waals surface area contributed by atoms with Gasteiger partial charge in [-0.15, -0.1) is 0 Å². The minimum absolute atomic E-state index is 0. The van der Waals surface area contributed by atoms with Gasteiger partial charge in [0.2, 0.25) is 0 Å². The van der Waals surface area contributed by atoms with Crippen molar-refractivity contribution in [3.8, 4) is 0 Å². The van der Waals surface area contributed by atoms with E-state index in [2.05, 4.69) is 6.92 Å². The molecule has 0 spiro atoms. The molecule has 0 unspecified atom stereocenters. The number of hydrogen-bond donors (Lipinski definition) is 0. The van der Waals surface area contributed by atoms with Crippen LogP contribution in [-0.4, -0.2) is 64.0 Å². The van der Waals surface area contributed by atoms with Crippen molar-refractivity contribution in [2.24, 2.45) is 0 Å². The van der Waals surface area contributed by atoms with Gasteiger partial charge in [-0.1, -0.05) is 82.9 Å². The van der Waals surface area contributed by atoms with E-state index >= 15 is 0 Å². The topological polar surface area (TPSA) is 26.3 Å². The molecule has 0 heterocycles. The molecule has 1 aromatic rings. The van der Waals surface area contributed by atoms with E-state index in [1.807, 2.05) is 18.2 Å². The Balaban J connectivity index is 0.00000441. The van der Waals surface area contributed by atoms with E-state index in [1.54, 1.807) is 12.1 Å². The summed E-state index contributed by atoms with van der Waals surface area (Å²) in [4.78, 5) is 11.7. The Morgan fingerprint density at radius 3 is 1.86 bits per heavy atom. The van der Waals surface area contributed by atoms with Gasteiger partial charge in [0.15, 0.2) is 0 Å². The van der Waals surface area contributed by atoms with E-state index in [4.69, 9.17) is 4.74 Å². The van der Waals surface area contributed by atoms with Gasteiger partial charge in [0, 0.05) is 0 Å². The predicted molar refractivity (Wildman–Crippen MR) is 95.7 cm³/mol. The summed E-state index contributed by atoms with van der Waals surface area (Å²) >= 11 is 0. The number of esters is 1. The number of hydrogen-bond acceptors (Lipinski definition) is 2. The molecule has 0 bridgehead atoms. The molecule has 3 heteroatoms. The molecule has 0 atom stereocenters. The van der Waals surface area contributed by atoms with Crippen molar-refractivity contribution in [2.45, 2.75) is 71.1 Å². The zero-order valence-electron chi connectivity index (χ0n) is 13.5. The summed E-state index contributed by atoms with van der Waals surface area (Å²) in [6, 6.07) is 9.20. The fourth-order valence-electron chi connectivity index (χ4n) is 2.41. The van der Waals surface area contributed by atoms with Crippen LogP contribution in [-0.2, 0) is 4.74 Å². The average Bonchev–Trinajstić information content (AvgIpc) is 2.53. The van der Waals surface area contributed by atoms with Crippen LogP contribution in [0.3, 0.4) is 0 Å². The van der Waals surface area contributed by atoms with Crippen LogP contribution in [0.2, 0.25) is 0 Å². The molecule has 0 fully saturated rings. The van der Waals surface area contributed by atoms with Crippen molar-refractivity contribution >= 4 is 57.4 Å². The Bertz CT molecular complexity index is 365. The standard InChI is InChI=1S/C19H30O2.K.H/c1-2-3-4-5-6-7-8-9-10-14-17-21-19(20)18-15-12-11-13-16-18;;/h11-13,15-16H,2-10,14,17H2,1H3;;. The van der Waals surface area contributed by atoms with Crippen LogP contribution >= 0.6 is 0 Å². The predicted octanol–water partition coefficient (Wildman–Crippen LogP) is 5.12. The molecule has 1 aromatic carbocycles.